The molecule has 1 N–H and O–H groups in total. The maximum Gasteiger partial charge on any atom is 0.259 e. The van der Waals surface area contributed by atoms with Gasteiger partial charge in [-0.2, -0.15) is 0 Å². The molecule has 0 fully saturated rings. The van der Waals surface area contributed by atoms with Crippen LogP contribution in [0.15, 0.2) is 29.4 Å². The monoisotopic (exact) mass is 330 g/mol. The molecule has 0 aliphatic heterocycles. The van der Waals surface area contributed by atoms with Gasteiger partial charge in [-0.3, -0.25) is 4.40 Å². The van der Waals surface area contributed by atoms with E-state index < -0.39 is 10.0 Å². The molecule has 21 heavy (non-hydrogen) atoms. The molecular weight excluding hydrogens is 312 g/mol. The van der Waals surface area contributed by atoms with E-state index >= 15 is 0 Å². The van der Waals surface area contributed by atoms with Crippen LogP contribution in [0.2, 0.25) is 5.15 Å². The topological polar surface area (TPSA) is 66.7 Å². The molecule has 0 saturated carbocycles. The lowest BCUT2D eigenvalue weighted by Crippen LogP contribution is -2.36. The van der Waals surface area contributed by atoms with E-state index in [1.54, 1.807) is 24.4 Å². The summed E-state index contributed by atoms with van der Waals surface area (Å²) >= 11 is 5.98. The van der Waals surface area contributed by atoms with Gasteiger partial charge in [0.05, 0.1) is 0 Å². The molecule has 2 rings (SSSR count). The molecule has 0 radical (unpaired) electrons. The number of aromatic nitrogens is 2. The lowest BCUT2D eigenvalue weighted by atomic mass is 10.3. The Balaban J connectivity index is 2.20. The van der Waals surface area contributed by atoms with Gasteiger partial charge in [0.2, 0.25) is 0 Å². The van der Waals surface area contributed by atoms with E-state index in [0.29, 0.717) is 24.8 Å². The number of sulfonamides is 1. The number of hydrogen-bond donors (Lipinski definition) is 1. The highest BCUT2D eigenvalue weighted by atomic mass is 35.5. The Morgan fingerprint density at radius 1 is 1.43 bits per heavy atom. The first-order valence-corrected chi connectivity index (χ1v) is 8.51. The fourth-order valence-electron chi connectivity index (χ4n) is 1.87. The van der Waals surface area contributed by atoms with Gasteiger partial charge in [-0.1, -0.05) is 17.7 Å². The third-order valence-electron chi connectivity index (χ3n) is 3.34. The van der Waals surface area contributed by atoms with Gasteiger partial charge in [0, 0.05) is 25.3 Å². The zero-order valence-corrected chi connectivity index (χ0v) is 13.8. The van der Waals surface area contributed by atoms with Crippen LogP contribution in [0.4, 0.5) is 0 Å². The standard InChI is InChI=1S/C13H19ClN4O2S/c1-10(2)17(3)9-7-15-21(19,20)13-12(14)16-11-6-4-5-8-18(11)13/h4-6,8,10,15H,7,9H2,1-3H3. The Labute approximate surface area is 129 Å². The third-order valence-corrected chi connectivity index (χ3v) is 5.20. The highest BCUT2D eigenvalue weighted by molar-refractivity contribution is 7.89. The lowest BCUT2D eigenvalue weighted by Gasteiger charge is -2.20. The highest BCUT2D eigenvalue weighted by Crippen LogP contribution is 2.22. The molecule has 116 valence electrons. The predicted molar refractivity (Wildman–Crippen MR) is 83.2 cm³/mol. The Morgan fingerprint density at radius 3 is 2.81 bits per heavy atom. The van der Waals surface area contributed by atoms with Crippen LogP contribution in [0.3, 0.4) is 0 Å². The average Bonchev–Trinajstić information content (AvgIpc) is 2.74. The van der Waals surface area contributed by atoms with Gasteiger partial charge in [-0.15, -0.1) is 0 Å². The second-order valence-corrected chi connectivity index (χ2v) is 7.15. The number of nitrogens with one attached hydrogen (secondary N) is 1. The largest absolute Gasteiger partial charge is 0.303 e. The van der Waals surface area contributed by atoms with Crippen LogP contribution in [-0.4, -0.2) is 48.9 Å². The van der Waals surface area contributed by atoms with E-state index in [-0.39, 0.29) is 10.2 Å². The number of rotatable bonds is 6. The van der Waals surface area contributed by atoms with Gasteiger partial charge < -0.3 is 4.90 Å². The smallest absolute Gasteiger partial charge is 0.259 e. The number of hydrogen-bond acceptors (Lipinski definition) is 4. The zero-order chi connectivity index (χ0) is 15.6. The van der Waals surface area contributed by atoms with Crippen LogP contribution in [-0.2, 0) is 10.0 Å². The molecule has 0 saturated heterocycles. The lowest BCUT2D eigenvalue weighted by molar-refractivity contribution is 0.278. The molecule has 0 bridgehead atoms. The summed E-state index contributed by atoms with van der Waals surface area (Å²) in [5.41, 5.74) is 0.502. The Bertz CT molecular complexity index is 727. The van der Waals surface area contributed by atoms with Gasteiger partial charge in [0.1, 0.15) is 5.65 Å². The summed E-state index contributed by atoms with van der Waals surface area (Å²) in [6.07, 6.45) is 1.63. The second kappa shape index (κ2) is 6.31. The van der Waals surface area contributed by atoms with Gasteiger partial charge in [-0.25, -0.2) is 18.1 Å². The first-order valence-electron chi connectivity index (χ1n) is 6.65. The number of likely N-dealkylation sites (N-methyl/N-ethyl adjacent to an activating group) is 1. The third kappa shape index (κ3) is 3.55. The van der Waals surface area contributed by atoms with E-state index in [9.17, 15) is 8.42 Å². The zero-order valence-electron chi connectivity index (χ0n) is 12.2. The van der Waals surface area contributed by atoms with Gasteiger partial charge in [0.25, 0.3) is 10.0 Å². The molecule has 0 aromatic carbocycles. The summed E-state index contributed by atoms with van der Waals surface area (Å²) in [5, 5.41) is -0.0436. The van der Waals surface area contributed by atoms with E-state index in [4.69, 9.17) is 11.6 Å². The molecule has 6 nitrogen and oxygen atoms in total. The van der Waals surface area contributed by atoms with Crippen molar-refractivity contribution in [2.75, 3.05) is 20.1 Å². The van der Waals surface area contributed by atoms with E-state index in [1.807, 2.05) is 7.05 Å². The number of halogens is 1. The first kappa shape index (κ1) is 16.2. The summed E-state index contributed by atoms with van der Waals surface area (Å²) < 4.78 is 28.8. The Hall–Kier alpha value is -1.15. The number of nitrogens with zero attached hydrogens (tertiary/aromatic N) is 3. The molecule has 0 amide bonds. The minimum atomic E-state index is -3.70. The molecule has 0 unspecified atom stereocenters. The van der Waals surface area contributed by atoms with Gasteiger partial charge in [-0.05, 0) is 33.0 Å². The van der Waals surface area contributed by atoms with Crippen molar-refractivity contribution in [3.63, 3.8) is 0 Å². The molecule has 0 atom stereocenters. The summed E-state index contributed by atoms with van der Waals surface area (Å²) in [5.74, 6) is 0. The van der Waals surface area contributed by atoms with Crippen molar-refractivity contribution in [1.82, 2.24) is 19.0 Å². The van der Waals surface area contributed by atoms with Crippen LogP contribution in [0.25, 0.3) is 5.65 Å². The molecule has 2 aromatic rings. The molecule has 8 heteroatoms. The van der Waals surface area contributed by atoms with Crippen LogP contribution >= 0.6 is 11.6 Å². The first-order chi connectivity index (χ1) is 9.83. The van der Waals surface area contributed by atoms with Crippen molar-refractivity contribution in [3.8, 4) is 0 Å². The molecule has 2 aromatic heterocycles. The van der Waals surface area contributed by atoms with Crippen molar-refractivity contribution in [2.45, 2.75) is 24.9 Å². The van der Waals surface area contributed by atoms with Crippen LogP contribution in [0.5, 0.6) is 0 Å². The van der Waals surface area contributed by atoms with E-state index in [1.165, 1.54) is 4.40 Å². The van der Waals surface area contributed by atoms with Crippen molar-refractivity contribution >= 4 is 27.3 Å². The van der Waals surface area contributed by atoms with Crippen molar-refractivity contribution in [3.05, 3.63) is 29.5 Å². The summed E-state index contributed by atoms with van der Waals surface area (Å²) in [6, 6.07) is 5.57. The van der Waals surface area contributed by atoms with Crippen molar-refractivity contribution in [1.29, 1.82) is 0 Å². The minimum Gasteiger partial charge on any atom is -0.303 e. The second-order valence-electron chi connectivity index (χ2n) is 5.11. The normalized spacial score (nSPS) is 12.7. The molecule has 0 spiro atoms. The van der Waals surface area contributed by atoms with Crippen LogP contribution in [0, 0.1) is 0 Å². The molecule has 2 heterocycles. The predicted octanol–water partition coefficient (Wildman–Crippen LogP) is 1.61. The van der Waals surface area contributed by atoms with Crippen LogP contribution < -0.4 is 4.72 Å². The van der Waals surface area contributed by atoms with Crippen LogP contribution in [0.1, 0.15) is 13.8 Å². The van der Waals surface area contributed by atoms with Crippen molar-refractivity contribution < 1.29 is 8.42 Å². The Morgan fingerprint density at radius 2 is 2.14 bits per heavy atom. The number of imidazole rings is 1. The van der Waals surface area contributed by atoms with Crippen molar-refractivity contribution in [2.24, 2.45) is 0 Å². The summed E-state index contributed by atoms with van der Waals surface area (Å²) in [6.45, 7) is 5.03. The summed E-state index contributed by atoms with van der Waals surface area (Å²) in [4.78, 5) is 6.10. The van der Waals surface area contributed by atoms with E-state index in [0.717, 1.165) is 0 Å². The maximum atomic E-state index is 12.4. The van der Waals surface area contributed by atoms with Gasteiger partial charge >= 0.3 is 0 Å². The number of pyridine rings is 1. The van der Waals surface area contributed by atoms with Gasteiger partial charge in [0.15, 0.2) is 10.2 Å². The fraction of sp³-hybridized carbons (Fsp3) is 0.462. The van der Waals surface area contributed by atoms with E-state index in [2.05, 4.69) is 28.5 Å². The number of fused-ring (bicyclic) bond motifs is 1. The molecule has 0 aliphatic carbocycles. The molecular formula is C13H19ClN4O2S. The summed E-state index contributed by atoms with van der Waals surface area (Å²) in [7, 11) is -1.76. The minimum absolute atomic E-state index is 0.0213. The average molecular weight is 331 g/mol. The quantitative estimate of drug-likeness (QED) is 0.873. The maximum absolute atomic E-state index is 12.4. The Kier molecular flexibility index (Phi) is 4.88. The SMILES string of the molecule is CC(C)N(C)CCNS(=O)(=O)c1c(Cl)nc2ccccn12. The fourth-order valence-corrected chi connectivity index (χ4v) is 3.53. The highest BCUT2D eigenvalue weighted by Gasteiger charge is 2.23. The molecule has 0 aliphatic rings.